The predicted molar refractivity (Wildman–Crippen MR) is 52.0 cm³/mol. The lowest BCUT2D eigenvalue weighted by Crippen LogP contribution is -2.04. The van der Waals surface area contributed by atoms with Gasteiger partial charge in [0.1, 0.15) is 11.9 Å². The zero-order valence-electron chi connectivity index (χ0n) is 7.88. The summed E-state index contributed by atoms with van der Waals surface area (Å²) in [6.45, 7) is 0. The Morgan fingerprint density at radius 3 is 2.80 bits per heavy atom. The Hall–Kier alpha value is -1.60. The van der Waals surface area contributed by atoms with Crippen molar-refractivity contribution in [2.75, 3.05) is 7.11 Å². The molecular formula is C10H7ClFNO2. The topological polar surface area (TPSA) is 50.1 Å². The molecule has 0 atom stereocenters. The fourth-order valence-corrected chi connectivity index (χ4v) is 1.34. The molecule has 0 amide bonds. The molecule has 3 nitrogen and oxygen atoms in total. The summed E-state index contributed by atoms with van der Waals surface area (Å²) < 4.78 is 17.7. The van der Waals surface area contributed by atoms with Crippen LogP contribution in [0.3, 0.4) is 0 Å². The van der Waals surface area contributed by atoms with Crippen molar-refractivity contribution in [2.45, 2.75) is 5.88 Å². The largest absolute Gasteiger partial charge is 0.465 e. The summed E-state index contributed by atoms with van der Waals surface area (Å²) in [5.74, 6) is -1.47. The monoisotopic (exact) mass is 227 g/mol. The Labute approximate surface area is 91.0 Å². The first-order chi connectivity index (χ1) is 7.13. The summed E-state index contributed by atoms with van der Waals surface area (Å²) in [7, 11) is 1.19. The number of rotatable bonds is 2. The van der Waals surface area contributed by atoms with Crippen LogP contribution in [0, 0.1) is 17.1 Å². The number of methoxy groups -OCH3 is 1. The number of hydrogen-bond donors (Lipinski definition) is 0. The lowest BCUT2D eigenvalue weighted by Gasteiger charge is -2.04. The van der Waals surface area contributed by atoms with Crippen LogP contribution in [-0.2, 0) is 10.6 Å². The number of carbonyl (C=O) groups excluding carboxylic acids is 1. The van der Waals surface area contributed by atoms with E-state index in [2.05, 4.69) is 4.74 Å². The highest BCUT2D eigenvalue weighted by Crippen LogP contribution is 2.18. The Bertz CT molecular complexity index is 440. The maximum atomic E-state index is 13.3. The summed E-state index contributed by atoms with van der Waals surface area (Å²) in [5, 5.41) is 8.65. The van der Waals surface area contributed by atoms with Gasteiger partial charge in [-0.1, -0.05) is 0 Å². The van der Waals surface area contributed by atoms with E-state index < -0.39 is 11.8 Å². The summed E-state index contributed by atoms with van der Waals surface area (Å²) in [4.78, 5) is 11.1. The van der Waals surface area contributed by atoms with Crippen LogP contribution in [0.5, 0.6) is 0 Å². The van der Waals surface area contributed by atoms with Gasteiger partial charge < -0.3 is 4.74 Å². The van der Waals surface area contributed by atoms with Crippen molar-refractivity contribution < 1.29 is 13.9 Å². The second-order valence-electron chi connectivity index (χ2n) is 2.73. The molecule has 0 spiro atoms. The van der Waals surface area contributed by atoms with Gasteiger partial charge >= 0.3 is 5.97 Å². The average Bonchev–Trinajstić information content (AvgIpc) is 2.26. The van der Waals surface area contributed by atoms with Crippen LogP contribution >= 0.6 is 11.6 Å². The highest BCUT2D eigenvalue weighted by atomic mass is 35.5. The molecule has 0 unspecified atom stereocenters. The Kier molecular flexibility index (Phi) is 3.64. The van der Waals surface area contributed by atoms with E-state index in [1.165, 1.54) is 13.2 Å². The van der Waals surface area contributed by atoms with E-state index in [1.807, 2.05) is 0 Å². The van der Waals surface area contributed by atoms with Gasteiger partial charge in [0.05, 0.1) is 18.2 Å². The van der Waals surface area contributed by atoms with Crippen molar-refractivity contribution in [2.24, 2.45) is 0 Å². The van der Waals surface area contributed by atoms with E-state index in [4.69, 9.17) is 16.9 Å². The number of benzene rings is 1. The summed E-state index contributed by atoms with van der Waals surface area (Å²) in [5.41, 5.74) is 0.182. The third-order valence-corrected chi connectivity index (χ3v) is 2.14. The maximum Gasteiger partial charge on any atom is 0.337 e. The molecule has 5 heteroatoms. The van der Waals surface area contributed by atoms with E-state index >= 15 is 0 Å². The third-order valence-electron chi connectivity index (χ3n) is 1.85. The summed E-state index contributed by atoms with van der Waals surface area (Å²) in [6.07, 6.45) is 0. The molecule has 0 saturated heterocycles. The second kappa shape index (κ2) is 4.76. The summed E-state index contributed by atoms with van der Waals surface area (Å²) >= 11 is 5.53. The summed E-state index contributed by atoms with van der Waals surface area (Å²) in [6, 6.07) is 3.99. The molecule has 1 aromatic carbocycles. The molecule has 1 rings (SSSR count). The van der Waals surface area contributed by atoms with E-state index in [9.17, 15) is 9.18 Å². The van der Waals surface area contributed by atoms with Crippen LogP contribution in [0.15, 0.2) is 12.1 Å². The molecule has 0 fully saturated rings. The van der Waals surface area contributed by atoms with Crippen molar-refractivity contribution in [1.29, 1.82) is 5.26 Å². The number of nitriles is 1. The van der Waals surface area contributed by atoms with E-state index in [0.29, 0.717) is 0 Å². The first-order valence-corrected chi connectivity index (χ1v) is 4.54. The molecule has 0 aliphatic heterocycles. The first kappa shape index (κ1) is 11.5. The van der Waals surface area contributed by atoms with Crippen LogP contribution in [0.25, 0.3) is 0 Å². The first-order valence-electron chi connectivity index (χ1n) is 4.00. The molecule has 0 heterocycles. The van der Waals surface area contributed by atoms with Crippen molar-refractivity contribution in [3.8, 4) is 6.07 Å². The standard InChI is InChI=1S/C10H7ClFNO2/c1-15-10(14)6-2-7(4-11)8(5-13)9(12)3-6/h2-3H,4H2,1H3. The van der Waals surface area contributed by atoms with E-state index in [1.54, 1.807) is 6.07 Å². The lowest BCUT2D eigenvalue weighted by molar-refractivity contribution is 0.0600. The highest BCUT2D eigenvalue weighted by molar-refractivity contribution is 6.17. The van der Waals surface area contributed by atoms with Gasteiger partial charge in [-0.3, -0.25) is 0 Å². The fourth-order valence-electron chi connectivity index (χ4n) is 1.13. The lowest BCUT2D eigenvalue weighted by atomic mass is 10.1. The average molecular weight is 228 g/mol. The fraction of sp³-hybridized carbons (Fsp3) is 0.200. The van der Waals surface area contributed by atoms with Gasteiger partial charge in [0.25, 0.3) is 0 Å². The molecule has 0 aromatic heterocycles. The minimum atomic E-state index is -0.768. The quantitative estimate of drug-likeness (QED) is 0.575. The van der Waals surface area contributed by atoms with Crippen LogP contribution in [0.4, 0.5) is 4.39 Å². The second-order valence-corrected chi connectivity index (χ2v) is 3.00. The van der Waals surface area contributed by atoms with Crippen molar-refractivity contribution in [1.82, 2.24) is 0 Å². The zero-order valence-corrected chi connectivity index (χ0v) is 8.64. The molecule has 15 heavy (non-hydrogen) atoms. The SMILES string of the molecule is COC(=O)c1cc(F)c(C#N)c(CCl)c1. The number of halogens is 2. The Morgan fingerprint density at radius 2 is 2.33 bits per heavy atom. The van der Waals surface area contributed by atoms with Crippen molar-refractivity contribution in [3.63, 3.8) is 0 Å². The predicted octanol–water partition coefficient (Wildman–Crippen LogP) is 2.22. The molecule has 0 bridgehead atoms. The van der Waals surface area contributed by atoms with Gasteiger partial charge in [-0.25, -0.2) is 9.18 Å². The Balaban J connectivity index is 3.33. The van der Waals surface area contributed by atoms with Crippen molar-refractivity contribution >= 4 is 17.6 Å². The number of hydrogen-bond acceptors (Lipinski definition) is 3. The van der Waals surface area contributed by atoms with Gasteiger partial charge in [-0.15, -0.1) is 11.6 Å². The normalized spacial score (nSPS) is 9.47. The molecular weight excluding hydrogens is 221 g/mol. The van der Waals surface area contributed by atoms with Gasteiger partial charge in [-0.2, -0.15) is 5.26 Å². The van der Waals surface area contributed by atoms with Gasteiger partial charge in [0.15, 0.2) is 0 Å². The maximum absolute atomic E-state index is 13.3. The molecule has 0 radical (unpaired) electrons. The molecule has 0 N–H and O–H groups in total. The van der Waals surface area contributed by atoms with Crippen LogP contribution in [0.2, 0.25) is 0 Å². The highest BCUT2D eigenvalue weighted by Gasteiger charge is 2.14. The molecule has 0 aliphatic rings. The number of ether oxygens (including phenoxy) is 1. The smallest absolute Gasteiger partial charge is 0.337 e. The molecule has 1 aromatic rings. The molecule has 0 aliphatic carbocycles. The number of esters is 1. The number of carbonyl (C=O) groups is 1. The van der Waals surface area contributed by atoms with Gasteiger partial charge in [-0.05, 0) is 17.7 Å². The molecule has 0 saturated carbocycles. The number of alkyl halides is 1. The van der Waals surface area contributed by atoms with Gasteiger partial charge in [0, 0.05) is 5.88 Å². The van der Waals surface area contributed by atoms with E-state index in [0.717, 1.165) is 6.07 Å². The Morgan fingerprint density at radius 1 is 1.67 bits per heavy atom. The minimum Gasteiger partial charge on any atom is -0.465 e. The third kappa shape index (κ3) is 2.25. The van der Waals surface area contributed by atoms with Gasteiger partial charge in [0.2, 0.25) is 0 Å². The minimum absolute atomic E-state index is 0.0371. The molecule has 78 valence electrons. The van der Waals surface area contributed by atoms with Crippen LogP contribution < -0.4 is 0 Å². The van der Waals surface area contributed by atoms with E-state index in [-0.39, 0.29) is 22.6 Å². The van der Waals surface area contributed by atoms with Crippen LogP contribution in [-0.4, -0.2) is 13.1 Å². The van der Waals surface area contributed by atoms with Crippen molar-refractivity contribution in [3.05, 3.63) is 34.6 Å². The number of nitrogens with zero attached hydrogens (tertiary/aromatic N) is 1. The zero-order chi connectivity index (χ0) is 11.4. The van der Waals surface area contributed by atoms with Crippen LogP contribution in [0.1, 0.15) is 21.5 Å².